The predicted octanol–water partition coefficient (Wildman–Crippen LogP) is 9.00. The van der Waals surface area contributed by atoms with Gasteiger partial charge in [0.25, 0.3) is 0 Å². The van der Waals surface area contributed by atoms with E-state index in [1.165, 1.54) is 42.3 Å². The normalized spacial score (nSPS) is 31.1. The molecule has 5 aliphatic carbocycles. The number of fused-ring (bicyclic) bond motifs is 1. The summed E-state index contributed by atoms with van der Waals surface area (Å²) in [6, 6.07) is 13.4. The minimum Gasteiger partial charge on any atom is -0.358 e. The Morgan fingerprint density at radius 3 is 2.16 bits per heavy atom. The summed E-state index contributed by atoms with van der Waals surface area (Å²) < 4.78 is 40.5. The van der Waals surface area contributed by atoms with Gasteiger partial charge in [-0.2, -0.15) is 24.9 Å². The van der Waals surface area contributed by atoms with E-state index < -0.39 is 17.3 Å². The van der Waals surface area contributed by atoms with Crippen molar-refractivity contribution in [1.82, 2.24) is 15.2 Å². The molecule has 5 saturated carbocycles. The molecule has 0 radical (unpaired) electrons. The van der Waals surface area contributed by atoms with Crippen LogP contribution in [0.4, 0.5) is 13.2 Å². The van der Waals surface area contributed by atoms with E-state index in [0.717, 1.165) is 54.1 Å². The third-order valence-electron chi connectivity index (χ3n) is 13.3. The first kappa shape index (κ1) is 33.2. The fourth-order valence-corrected chi connectivity index (χ4v) is 12.3. The van der Waals surface area contributed by atoms with Gasteiger partial charge >= 0.3 is 6.18 Å². The fourth-order valence-electron chi connectivity index (χ4n) is 11.1. The smallest absolute Gasteiger partial charge is 0.358 e. The quantitative estimate of drug-likeness (QED) is 0.248. The molecular formula is C40H48F3N3O2S. The van der Waals surface area contributed by atoms with Gasteiger partial charge in [0.2, 0.25) is 11.8 Å². The first-order chi connectivity index (χ1) is 23.3. The number of carbonyl (C=O) groups is 2. The Hall–Kier alpha value is -2.94. The summed E-state index contributed by atoms with van der Waals surface area (Å²) >= 11 is 1.81. The summed E-state index contributed by atoms with van der Waals surface area (Å²) in [5.74, 6) is 3.64. The van der Waals surface area contributed by atoms with Gasteiger partial charge < -0.3 is 15.2 Å². The molecule has 9 rings (SSSR count). The van der Waals surface area contributed by atoms with E-state index in [2.05, 4.69) is 43.2 Å². The predicted molar refractivity (Wildman–Crippen MR) is 188 cm³/mol. The maximum Gasteiger partial charge on any atom is 0.416 e. The average Bonchev–Trinajstić information content (AvgIpc) is 3.39. The number of hydrogen-bond donors (Lipinski definition) is 2. The lowest BCUT2D eigenvalue weighted by molar-refractivity contribution is -0.153. The van der Waals surface area contributed by atoms with Gasteiger partial charge in [-0.05, 0) is 134 Å². The van der Waals surface area contributed by atoms with Gasteiger partial charge in [-0.3, -0.25) is 9.59 Å². The van der Waals surface area contributed by atoms with Crippen molar-refractivity contribution in [3.8, 4) is 0 Å². The van der Waals surface area contributed by atoms with Crippen LogP contribution in [0.1, 0.15) is 99.9 Å². The molecule has 0 unspecified atom stereocenters. The molecule has 4 bridgehead atoms. The molecule has 49 heavy (non-hydrogen) atoms. The second kappa shape index (κ2) is 11.8. The van der Waals surface area contributed by atoms with Gasteiger partial charge in [0, 0.05) is 35.1 Å². The van der Waals surface area contributed by atoms with E-state index in [9.17, 15) is 22.8 Å². The largest absolute Gasteiger partial charge is 0.416 e. The number of benzene rings is 2. The molecule has 1 saturated heterocycles. The number of halogens is 3. The van der Waals surface area contributed by atoms with E-state index in [0.29, 0.717) is 36.2 Å². The first-order valence-corrected chi connectivity index (χ1v) is 19.4. The molecule has 2 N–H and O–H groups in total. The van der Waals surface area contributed by atoms with Crippen molar-refractivity contribution in [2.24, 2.45) is 29.1 Å². The average molecular weight is 692 g/mol. The van der Waals surface area contributed by atoms with Crippen LogP contribution < -0.4 is 5.32 Å². The van der Waals surface area contributed by atoms with Crippen molar-refractivity contribution < 1.29 is 22.8 Å². The van der Waals surface area contributed by atoms with Gasteiger partial charge in [-0.25, -0.2) is 0 Å². The molecule has 6 fully saturated rings. The van der Waals surface area contributed by atoms with Gasteiger partial charge in [0.15, 0.2) is 0 Å². The van der Waals surface area contributed by atoms with Crippen LogP contribution >= 0.6 is 11.8 Å². The van der Waals surface area contributed by atoms with E-state index in [4.69, 9.17) is 0 Å². The number of aromatic nitrogens is 1. The molecule has 1 aliphatic heterocycles. The third-order valence-corrected chi connectivity index (χ3v) is 14.3. The lowest BCUT2D eigenvalue weighted by Crippen LogP contribution is -2.68. The molecule has 3 aromatic rings. The second-order valence-electron chi connectivity index (χ2n) is 16.8. The number of amides is 2. The summed E-state index contributed by atoms with van der Waals surface area (Å²) in [5, 5.41) is 4.82. The number of para-hydroxylation sites is 1. The van der Waals surface area contributed by atoms with Crippen LogP contribution in [0.3, 0.4) is 0 Å². The molecule has 6 aliphatic rings. The molecular weight excluding hydrogens is 644 g/mol. The third kappa shape index (κ3) is 5.80. The minimum atomic E-state index is -4.44. The van der Waals surface area contributed by atoms with E-state index in [1.807, 2.05) is 12.1 Å². The van der Waals surface area contributed by atoms with E-state index in [-0.39, 0.29) is 47.6 Å². The zero-order chi connectivity index (χ0) is 34.3. The van der Waals surface area contributed by atoms with Crippen LogP contribution in [0, 0.1) is 36.0 Å². The van der Waals surface area contributed by atoms with Crippen molar-refractivity contribution in [3.05, 3.63) is 70.9 Å². The number of aryl methyl sites for hydroxylation is 1. The summed E-state index contributed by atoms with van der Waals surface area (Å²) in [6.45, 7) is 6.66. The first-order valence-electron chi connectivity index (χ1n) is 18.2. The second-order valence-corrected chi connectivity index (χ2v) is 18.0. The molecule has 2 atom stereocenters. The number of hydrogen-bond acceptors (Lipinski definition) is 3. The van der Waals surface area contributed by atoms with Gasteiger partial charge in [-0.15, -0.1) is 0 Å². The number of thioether (sulfide) groups is 1. The maximum absolute atomic E-state index is 14.9. The molecule has 5 nitrogen and oxygen atoms in total. The highest BCUT2D eigenvalue weighted by Gasteiger charge is 2.61. The standard InChI is InChI=1S/C40H48F3N3O2S/c1-24-34(30-6-4-5-7-32(30)44-24)35-31(37(35,2)3)19-33(47)46(23-25-8-10-29(11-9-25)40(41,42)43)39(12-14-49-15-13-39)36(48)45-38-20-26-16-27(21-38)18-28(17-26)22-38/h4-11,26-28,31,35,44H,12-23H2,1-3H3,(H,45,48)/t26?,27?,28?,31-,35-,38?/m1/s1. The van der Waals surface area contributed by atoms with Crippen LogP contribution in [0.5, 0.6) is 0 Å². The zero-order valence-corrected chi connectivity index (χ0v) is 29.6. The van der Waals surface area contributed by atoms with Crippen LogP contribution in [0.15, 0.2) is 48.5 Å². The number of H-pyrrole nitrogens is 1. The van der Waals surface area contributed by atoms with Crippen LogP contribution in [-0.2, 0) is 22.3 Å². The topological polar surface area (TPSA) is 65.2 Å². The Balaban J connectivity index is 1.12. The van der Waals surface area contributed by atoms with Crippen LogP contribution in [-0.4, -0.2) is 44.3 Å². The number of rotatable bonds is 8. The number of aromatic amines is 1. The molecule has 2 aromatic carbocycles. The molecule has 2 amide bonds. The highest BCUT2D eigenvalue weighted by atomic mass is 32.2. The summed E-state index contributed by atoms with van der Waals surface area (Å²) in [7, 11) is 0. The Bertz CT molecular complexity index is 1720. The summed E-state index contributed by atoms with van der Waals surface area (Å²) in [5.41, 5.74) is 1.99. The van der Waals surface area contributed by atoms with Gasteiger partial charge in [0.05, 0.1) is 5.56 Å². The number of nitrogens with one attached hydrogen (secondary N) is 2. The summed E-state index contributed by atoms with van der Waals surface area (Å²) in [4.78, 5) is 35.2. The van der Waals surface area contributed by atoms with Crippen molar-refractivity contribution in [3.63, 3.8) is 0 Å². The number of carbonyl (C=O) groups excluding carboxylic acids is 2. The maximum atomic E-state index is 14.9. The lowest BCUT2D eigenvalue weighted by Gasteiger charge is -2.58. The highest BCUT2D eigenvalue weighted by Crippen LogP contribution is 2.67. The minimum absolute atomic E-state index is 0.0471. The van der Waals surface area contributed by atoms with E-state index >= 15 is 0 Å². The van der Waals surface area contributed by atoms with Gasteiger partial charge in [-0.1, -0.05) is 44.2 Å². The molecule has 0 spiro atoms. The number of nitrogens with zero attached hydrogens (tertiary/aromatic N) is 1. The van der Waals surface area contributed by atoms with Crippen LogP contribution in [0.25, 0.3) is 10.9 Å². The zero-order valence-electron chi connectivity index (χ0n) is 28.8. The number of alkyl halides is 3. The SMILES string of the molecule is Cc1[nH]c2ccccc2c1[C@H]1[C@@H](CC(=O)N(Cc2ccc(C(F)(F)F)cc2)C2(C(=O)NC34CC5CC(CC(C5)C3)C4)CCSCC2)C1(C)C. The van der Waals surface area contributed by atoms with Crippen LogP contribution in [0.2, 0.25) is 0 Å². The Labute approximate surface area is 291 Å². The van der Waals surface area contributed by atoms with Crippen molar-refractivity contribution in [2.45, 2.75) is 108 Å². The Morgan fingerprint density at radius 1 is 0.939 bits per heavy atom. The molecule has 2 heterocycles. The fraction of sp³-hybridized carbons (Fsp3) is 0.600. The molecule has 262 valence electrons. The molecule has 9 heteroatoms. The monoisotopic (exact) mass is 691 g/mol. The highest BCUT2D eigenvalue weighted by molar-refractivity contribution is 7.99. The van der Waals surface area contributed by atoms with Crippen molar-refractivity contribution >= 4 is 34.5 Å². The van der Waals surface area contributed by atoms with Crippen molar-refractivity contribution in [1.29, 1.82) is 0 Å². The molecule has 1 aromatic heterocycles. The Morgan fingerprint density at radius 2 is 1.55 bits per heavy atom. The van der Waals surface area contributed by atoms with E-state index in [1.54, 1.807) is 16.7 Å². The summed E-state index contributed by atoms with van der Waals surface area (Å²) in [6.07, 6.45) is 3.79. The lowest BCUT2D eigenvalue weighted by atomic mass is 9.53. The Kier molecular flexibility index (Phi) is 8.01. The van der Waals surface area contributed by atoms with Gasteiger partial charge in [0.1, 0.15) is 5.54 Å². The van der Waals surface area contributed by atoms with Crippen molar-refractivity contribution in [2.75, 3.05) is 11.5 Å².